The van der Waals surface area contributed by atoms with Gasteiger partial charge in [0, 0.05) is 10.0 Å². The van der Waals surface area contributed by atoms with Gasteiger partial charge in [0.1, 0.15) is 0 Å². The fourth-order valence-corrected chi connectivity index (χ4v) is 1.55. The van der Waals surface area contributed by atoms with Crippen molar-refractivity contribution in [2.24, 2.45) is 0 Å². The molecule has 14 heavy (non-hydrogen) atoms. The number of Topliss-reactive ketones (excluding diaryl/α,β-unsaturated/α-hetero) is 1. The molecular formula is C12H13BrO. The van der Waals surface area contributed by atoms with Crippen molar-refractivity contribution in [3.8, 4) is 0 Å². The predicted molar refractivity (Wildman–Crippen MR) is 62.8 cm³/mol. The van der Waals surface area contributed by atoms with Gasteiger partial charge >= 0.3 is 0 Å². The molecule has 0 aromatic heterocycles. The first-order chi connectivity index (χ1) is 6.43. The highest BCUT2D eigenvalue weighted by Crippen LogP contribution is 2.23. The topological polar surface area (TPSA) is 17.1 Å². The van der Waals surface area contributed by atoms with E-state index in [-0.39, 0.29) is 5.78 Å². The Morgan fingerprint density at radius 3 is 2.07 bits per heavy atom. The average Bonchev–Trinajstić information content (AvgIpc) is 2.12. The Balaban J connectivity index is 3.26. The number of ketones is 1. The van der Waals surface area contributed by atoms with Crippen molar-refractivity contribution in [1.29, 1.82) is 0 Å². The second-order valence-corrected chi connectivity index (χ2v) is 4.33. The Bertz CT molecular complexity index is 382. The van der Waals surface area contributed by atoms with Crippen LogP contribution in [0.25, 0.3) is 0 Å². The van der Waals surface area contributed by atoms with Gasteiger partial charge < -0.3 is 0 Å². The third kappa shape index (κ3) is 2.13. The molecule has 0 fully saturated rings. The lowest BCUT2D eigenvalue weighted by Crippen LogP contribution is -2.01. The molecule has 0 amide bonds. The van der Waals surface area contributed by atoms with Crippen LogP contribution < -0.4 is 0 Å². The third-order valence-electron chi connectivity index (χ3n) is 2.09. The zero-order valence-electron chi connectivity index (χ0n) is 8.65. The molecule has 0 unspecified atom stereocenters. The van der Waals surface area contributed by atoms with Crippen LogP contribution in [0.15, 0.2) is 28.8 Å². The Labute approximate surface area is 93.0 Å². The highest BCUT2D eigenvalue weighted by molar-refractivity contribution is 9.10. The lowest BCUT2D eigenvalue weighted by atomic mass is 10.0. The number of benzene rings is 1. The van der Waals surface area contributed by atoms with Gasteiger partial charge in [-0.05, 0) is 49.6 Å². The minimum absolute atomic E-state index is 0.0173. The van der Waals surface area contributed by atoms with E-state index < -0.39 is 0 Å². The summed E-state index contributed by atoms with van der Waals surface area (Å²) in [5.41, 5.74) is 3.45. The van der Waals surface area contributed by atoms with Crippen molar-refractivity contribution >= 4 is 21.7 Å². The van der Waals surface area contributed by atoms with Gasteiger partial charge in [-0.3, -0.25) is 4.79 Å². The normalized spacial score (nSPS) is 10.0. The van der Waals surface area contributed by atoms with Crippen LogP contribution in [0.3, 0.4) is 0 Å². The predicted octanol–water partition coefficient (Wildman–Crippen LogP) is 3.82. The third-order valence-corrected chi connectivity index (χ3v) is 3.34. The number of carbonyl (C=O) groups is 1. The van der Waals surface area contributed by atoms with Crippen molar-refractivity contribution in [2.75, 3.05) is 0 Å². The van der Waals surface area contributed by atoms with E-state index in [2.05, 4.69) is 22.5 Å². The number of hydrogen-bond acceptors (Lipinski definition) is 1. The van der Waals surface area contributed by atoms with Crippen molar-refractivity contribution < 1.29 is 4.79 Å². The molecule has 0 saturated heterocycles. The van der Waals surface area contributed by atoms with Crippen molar-refractivity contribution in [3.63, 3.8) is 0 Å². The highest BCUT2D eigenvalue weighted by atomic mass is 79.9. The first-order valence-electron chi connectivity index (χ1n) is 4.40. The SMILES string of the molecule is C=C(C)C(=O)c1cc(C)c(Br)c(C)c1. The van der Waals surface area contributed by atoms with Gasteiger partial charge in [-0.2, -0.15) is 0 Å². The summed E-state index contributed by atoms with van der Waals surface area (Å²) in [7, 11) is 0. The second-order valence-electron chi connectivity index (χ2n) is 3.53. The minimum atomic E-state index is 0.0173. The largest absolute Gasteiger partial charge is 0.289 e. The van der Waals surface area contributed by atoms with Crippen LogP contribution >= 0.6 is 15.9 Å². The summed E-state index contributed by atoms with van der Waals surface area (Å²) in [5, 5.41) is 0. The van der Waals surface area contributed by atoms with Crippen LogP contribution in [0.1, 0.15) is 28.4 Å². The van der Waals surface area contributed by atoms with E-state index in [0.29, 0.717) is 5.57 Å². The number of allylic oxidation sites excluding steroid dienone is 1. The number of hydrogen-bond donors (Lipinski definition) is 0. The van der Waals surface area contributed by atoms with E-state index in [0.717, 1.165) is 21.2 Å². The summed E-state index contributed by atoms with van der Waals surface area (Å²) in [6.45, 7) is 9.34. The molecule has 0 spiro atoms. The molecule has 1 aromatic rings. The summed E-state index contributed by atoms with van der Waals surface area (Å²) >= 11 is 3.47. The molecule has 0 bridgehead atoms. The van der Waals surface area contributed by atoms with E-state index in [4.69, 9.17) is 0 Å². The maximum atomic E-state index is 11.6. The van der Waals surface area contributed by atoms with Gasteiger partial charge in [0.25, 0.3) is 0 Å². The number of carbonyl (C=O) groups excluding carboxylic acids is 1. The summed E-state index contributed by atoms with van der Waals surface area (Å²) < 4.78 is 1.07. The van der Waals surface area contributed by atoms with E-state index in [1.54, 1.807) is 6.92 Å². The molecule has 74 valence electrons. The number of halogens is 1. The first-order valence-corrected chi connectivity index (χ1v) is 5.19. The zero-order chi connectivity index (χ0) is 10.9. The molecule has 0 heterocycles. The van der Waals surface area contributed by atoms with Gasteiger partial charge in [-0.1, -0.05) is 22.5 Å². The van der Waals surface area contributed by atoms with Crippen LogP contribution in [0.2, 0.25) is 0 Å². The molecule has 1 rings (SSSR count). The maximum absolute atomic E-state index is 11.6. The zero-order valence-corrected chi connectivity index (χ0v) is 10.2. The fourth-order valence-electron chi connectivity index (χ4n) is 1.32. The molecular weight excluding hydrogens is 240 g/mol. The molecule has 0 aliphatic heterocycles. The van der Waals surface area contributed by atoms with Gasteiger partial charge in [-0.15, -0.1) is 0 Å². The summed E-state index contributed by atoms with van der Waals surface area (Å²) in [5.74, 6) is 0.0173. The van der Waals surface area contributed by atoms with Gasteiger partial charge in [0.05, 0.1) is 0 Å². The molecule has 1 nitrogen and oxygen atoms in total. The minimum Gasteiger partial charge on any atom is -0.289 e. The summed E-state index contributed by atoms with van der Waals surface area (Å²) in [6.07, 6.45) is 0. The van der Waals surface area contributed by atoms with Crippen LogP contribution in [-0.4, -0.2) is 5.78 Å². The van der Waals surface area contributed by atoms with Crippen molar-refractivity contribution in [2.45, 2.75) is 20.8 Å². The molecule has 0 N–H and O–H groups in total. The molecule has 0 aliphatic carbocycles. The van der Waals surface area contributed by atoms with Crippen LogP contribution in [0, 0.1) is 13.8 Å². The Hall–Kier alpha value is -0.890. The molecule has 0 atom stereocenters. The summed E-state index contributed by atoms with van der Waals surface area (Å²) in [4.78, 5) is 11.6. The first kappa shape index (κ1) is 11.2. The second kappa shape index (κ2) is 4.09. The molecule has 0 saturated carbocycles. The fraction of sp³-hybridized carbons (Fsp3) is 0.250. The van der Waals surface area contributed by atoms with Crippen LogP contribution in [0.5, 0.6) is 0 Å². The van der Waals surface area contributed by atoms with Gasteiger partial charge in [0.15, 0.2) is 5.78 Å². The smallest absolute Gasteiger partial charge is 0.188 e. The standard InChI is InChI=1S/C12H13BrO/c1-7(2)12(14)10-5-8(3)11(13)9(4)6-10/h5-6H,1H2,2-4H3. The van der Waals surface area contributed by atoms with Gasteiger partial charge in [-0.25, -0.2) is 0 Å². The molecule has 1 aromatic carbocycles. The Morgan fingerprint density at radius 1 is 1.29 bits per heavy atom. The van der Waals surface area contributed by atoms with Crippen LogP contribution in [-0.2, 0) is 0 Å². The summed E-state index contributed by atoms with van der Waals surface area (Å²) in [6, 6.07) is 3.77. The van der Waals surface area contributed by atoms with E-state index in [9.17, 15) is 4.79 Å². The van der Waals surface area contributed by atoms with Crippen molar-refractivity contribution in [3.05, 3.63) is 45.4 Å². The van der Waals surface area contributed by atoms with E-state index in [1.165, 1.54) is 0 Å². The van der Waals surface area contributed by atoms with Crippen LogP contribution in [0.4, 0.5) is 0 Å². The Kier molecular flexibility index (Phi) is 3.27. The number of aryl methyl sites for hydroxylation is 2. The Morgan fingerprint density at radius 2 is 1.71 bits per heavy atom. The monoisotopic (exact) mass is 252 g/mol. The van der Waals surface area contributed by atoms with E-state index in [1.807, 2.05) is 26.0 Å². The van der Waals surface area contributed by atoms with E-state index >= 15 is 0 Å². The lowest BCUT2D eigenvalue weighted by molar-refractivity contribution is 0.103. The van der Waals surface area contributed by atoms with Crippen molar-refractivity contribution in [1.82, 2.24) is 0 Å². The molecule has 0 radical (unpaired) electrons. The average molecular weight is 253 g/mol. The maximum Gasteiger partial charge on any atom is 0.188 e. The quantitative estimate of drug-likeness (QED) is 0.578. The van der Waals surface area contributed by atoms with Gasteiger partial charge in [0.2, 0.25) is 0 Å². The highest BCUT2D eigenvalue weighted by Gasteiger charge is 2.09. The molecule has 0 aliphatic rings. The number of rotatable bonds is 2. The lowest BCUT2D eigenvalue weighted by Gasteiger charge is -2.06. The molecule has 2 heteroatoms.